The molecule has 1 aromatic carbocycles. The molecule has 0 unspecified atom stereocenters. The summed E-state index contributed by atoms with van der Waals surface area (Å²) in [5.74, 6) is 0. The Morgan fingerprint density at radius 1 is 1.24 bits per heavy atom. The normalized spacial score (nSPS) is 11.1. The van der Waals surface area contributed by atoms with Crippen molar-refractivity contribution in [2.45, 2.75) is 6.92 Å². The van der Waals surface area contributed by atoms with Crippen molar-refractivity contribution in [2.24, 2.45) is 0 Å². The SMILES string of the molecule is [B]Nc1ccc(C)c2sc3ccsc3c(=O)c12. The van der Waals surface area contributed by atoms with Gasteiger partial charge in [-0.3, -0.25) is 4.79 Å². The summed E-state index contributed by atoms with van der Waals surface area (Å²) in [6.45, 7) is 2.01. The Morgan fingerprint density at radius 3 is 2.82 bits per heavy atom. The lowest BCUT2D eigenvalue weighted by Crippen LogP contribution is -2.04. The van der Waals surface area contributed by atoms with E-state index in [9.17, 15) is 4.79 Å². The molecule has 0 aliphatic rings. The van der Waals surface area contributed by atoms with E-state index in [0.717, 1.165) is 19.7 Å². The zero-order valence-electron chi connectivity index (χ0n) is 9.11. The van der Waals surface area contributed by atoms with E-state index in [0.29, 0.717) is 11.1 Å². The zero-order chi connectivity index (χ0) is 12.0. The van der Waals surface area contributed by atoms with Gasteiger partial charge in [0, 0.05) is 15.1 Å². The number of fused-ring (bicyclic) bond motifs is 2. The van der Waals surface area contributed by atoms with Crippen LogP contribution in [0.1, 0.15) is 5.56 Å². The minimum absolute atomic E-state index is 0.0698. The number of rotatable bonds is 1. The Hall–Kier alpha value is -1.33. The van der Waals surface area contributed by atoms with E-state index < -0.39 is 0 Å². The molecular weight excluding hydrogens is 249 g/mol. The Kier molecular flexibility index (Phi) is 2.45. The lowest BCUT2D eigenvalue weighted by molar-refractivity contribution is 1.55. The second-order valence-electron chi connectivity index (χ2n) is 3.82. The van der Waals surface area contributed by atoms with Crippen molar-refractivity contribution in [3.05, 3.63) is 39.4 Å². The van der Waals surface area contributed by atoms with Crippen molar-refractivity contribution < 1.29 is 0 Å². The molecule has 3 aromatic rings. The first-order valence-corrected chi connectivity index (χ1v) is 6.82. The van der Waals surface area contributed by atoms with Crippen molar-refractivity contribution in [2.75, 3.05) is 5.23 Å². The molecule has 2 aromatic heterocycles. The van der Waals surface area contributed by atoms with E-state index in [2.05, 4.69) is 5.23 Å². The first kappa shape index (κ1) is 10.8. The molecular formula is C12H8BNOS2. The van der Waals surface area contributed by atoms with E-state index in [1.807, 2.05) is 30.5 Å². The van der Waals surface area contributed by atoms with Gasteiger partial charge in [-0.1, -0.05) is 6.07 Å². The van der Waals surface area contributed by atoms with E-state index in [1.54, 1.807) is 11.3 Å². The average molecular weight is 257 g/mol. The van der Waals surface area contributed by atoms with Crippen LogP contribution in [0.3, 0.4) is 0 Å². The van der Waals surface area contributed by atoms with Gasteiger partial charge in [0.2, 0.25) is 13.4 Å². The van der Waals surface area contributed by atoms with E-state index in [4.69, 9.17) is 7.98 Å². The molecule has 2 nitrogen and oxygen atoms in total. The molecule has 82 valence electrons. The topological polar surface area (TPSA) is 29.1 Å². The van der Waals surface area contributed by atoms with Gasteiger partial charge in [0.25, 0.3) is 0 Å². The average Bonchev–Trinajstić information content (AvgIpc) is 2.79. The van der Waals surface area contributed by atoms with Gasteiger partial charge in [-0.05, 0) is 30.0 Å². The summed E-state index contributed by atoms with van der Waals surface area (Å²) in [4.78, 5) is 12.4. The van der Waals surface area contributed by atoms with Crippen LogP contribution in [0.4, 0.5) is 5.69 Å². The number of hydrogen-bond donors (Lipinski definition) is 1. The number of aryl methyl sites for hydroxylation is 1. The smallest absolute Gasteiger partial charge is 0.222 e. The summed E-state index contributed by atoms with van der Waals surface area (Å²) in [5.41, 5.74) is 1.87. The molecule has 0 fully saturated rings. The maximum Gasteiger partial charge on any atom is 0.222 e. The van der Waals surface area contributed by atoms with Gasteiger partial charge < -0.3 is 5.23 Å². The van der Waals surface area contributed by atoms with E-state index in [-0.39, 0.29) is 5.43 Å². The Morgan fingerprint density at radius 2 is 2.06 bits per heavy atom. The van der Waals surface area contributed by atoms with Gasteiger partial charge in [0.05, 0.1) is 10.1 Å². The van der Waals surface area contributed by atoms with Gasteiger partial charge in [-0.15, -0.1) is 22.7 Å². The fourth-order valence-corrected chi connectivity index (χ4v) is 4.10. The molecule has 5 heteroatoms. The van der Waals surface area contributed by atoms with Crippen LogP contribution in [0.5, 0.6) is 0 Å². The molecule has 0 aliphatic heterocycles. The zero-order valence-corrected chi connectivity index (χ0v) is 10.7. The first-order chi connectivity index (χ1) is 8.22. The number of hydrogen-bond acceptors (Lipinski definition) is 4. The van der Waals surface area contributed by atoms with Crippen LogP contribution < -0.4 is 10.7 Å². The van der Waals surface area contributed by atoms with Gasteiger partial charge in [0.15, 0.2) is 0 Å². The number of nitrogens with one attached hydrogen (secondary N) is 1. The molecule has 0 saturated heterocycles. The Bertz CT molecular complexity index is 775. The molecule has 0 atom stereocenters. The highest BCUT2D eigenvalue weighted by Gasteiger charge is 2.11. The highest BCUT2D eigenvalue weighted by molar-refractivity contribution is 7.29. The fourth-order valence-electron chi connectivity index (χ4n) is 1.93. The van der Waals surface area contributed by atoms with Crippen LogP contribution in [0.25, 0.3) is 19.5 Å². The van der Waals surface area contributed by atoms with Gasteiger partial charge in [-0.2, -0.15) is 0 Å². The van der Waals surface area contributed by atoms with Crippen molar-refractivity contribution >= 4 is 55.8 Å². The summed E-state index contributed by atoms with van der Waals surface area (Å²) < 4.78 is 2.87. The monoisotopic (exact) mass is 257 g/mol. The Labute approximate surface area is 107 Å². The molecule has 0 amide bonds. The summed E-state index contributed by atoms with van der Waals surface area (Å²) in [6.07, 6.45) is 0. The molecule has 0 spiro atoms. The third-order valence-corrected chi connectivity index (χ3v) is 5.12. The minimum Gasteiger partial charge on any atom is -0.437 e. The molecule has 17 heavy (non-hydrogen) atoms. The van der Waals surface area contributed by atoms with Crippen molar-refractivity contribution in [3.63, 3.8) is 0 Å². The van der Waals surface area contributed by atoms with Crippen LogP contribution >= 0.6 is 22.7 Å². The maximum absolute atomic E-state index is 12.4. The van der Waals surface area contributed by atoms with E-state index >= 15 is 0 Å². The minimum atomic E-state index is 0.0698. The first-order valence-electron chi connectivity index (χ1n) is 5.12. The van der Waals surface area contributed by atoms with Crippen LogP contribution in [0.15, 0.2) is 28.4 Å². The summed E-state index contributed by atoms with van der Waals surface area (Å²) in [7, 11) is 5.47. The molecule has 0 saturated carbocycles. The number of thiophene rings is 1. The van der Waals surface area contributed by atoms with E-state index in [1.165, 1.54) is 11.3 Å². The largest absolute Gasteiger partial charge is 0.437 e. The molecule has 2 radical (unpaired) electrons. The number of anilines is 1. The molecule has 3 rings (SSSR count). The van der Waals surface area contributed by atoms with Crippen molar-refractivity contribution in [1.82, 2.24) is 0 Å². The standard InChI is InChI=1S/C12H8BNOS2/c1-6-2-3-7(14-13)9-10(15)12-8(4-5-16-12)17-11(6)9/h2-5,14H,1H3. The summed E-state index contributed by atoms with van der Waals surface area (Å²) in [6, 6.07) is 5.82. The predicted octanol–water partition coefficient (Wildman–Crippen LogP) is 3.28. The van der Waals surface area contributed by atoms with Gasteiger partial charge in [-0.25, -0.2) is 0 Å². The van der Waals surface area contributed by atoms with Gasteiger partial charge in [0.1, 0.15) is 0 Å². The third kappa shape index (κ3) is 1.50. The van der Waals surface area contributed by atoms with Crippen molar-refractivity contribution in [1.29, 1.82) is 0 Å². The summed E-state index contributed by atoms with van der Waals surface area (Å²) >= 11 is 3.13. The van der Waals surface area contributed by atoms with Crippen LogP contribution in [-0.2, 0) is 0 Å². The highest BCUT2D eigenvalue weighted by atomic mass is 32.1. The highest BCUT2D eigenvalue weighted by Crippen LogP contribution is 2.33. The molecule has 1 N–H and O–H groups in total. The lowest BCUT2D eigenvalue weighted by atomic mass is 10.1. The second kappa shape index (κ2) is 3.86. The van der Waals surface area contributed by atoms with Crippen LogP contribution in [0, 0.1) is 6.92 Å². The van der Waals surface area contributed by atoms with Crippen molar-refractivity contribution in [3.8, 4) is 0 Å². The number of benzene rings is 1. The molecule has 0 bridgehead atoms. The van der Waals surface area contributed by atoms with Crippen LogP contribution in [-0.4, -0.2) is 7.98 Å². The second-order valence-corrected chi connectivity index (χ2v) is 5.79. The van der Waals surface area contributed by atoms with Gasteiger partial charge >= 0.3 is 0 Å². The maximum atomic E-state index is 12.4. The fraction of sp³-hybridized carbons (Fsp3) is 0.0833. The lowest BCUT2D eigenvalue weighted by Gasteiger charge is -2.07. The third-order valence-electron chi connectivity index (χ3n) is 2.78. The summed E-state index contributed by atoms with van der Waals surface area (Å²) in [5, 5.41) is 5.26. The Balaban J connectivity index is 2.65. The van der Waals surface area contributed by atoms with Crippen LogP contribution in [0.2, 0.25) is 0 Å². The molecule has 2 heterocycles. The quantitative estimate of drug-likeness (QED) is 0.678. The molecule has 0 aliphatic carbocycles. The predicted molar refractivity (Wildman–Crippen MR) is 77.6 cm³/mol.